The smallest absolute Gasteiger partial charge is 0.123 e. The van der Waals surface area contributed by atoms with E-state index in [0.29, 0.717) is 25.0 Å². The van der Waals surface area contributed by atoms with Crippen LogP contribution < -0.4 is 4.74 Å². The van der Waals surface area contributed by atoms with Crippen molar-refractivity contribution in [2.75, 3.05) is 6.61 Å². The molecule has 29 heavy (non-hydrogen) atoms. The molecule has 0 heterocycles. The third-order valence-corrected chi connectivity index (χ3v) is 7.83. The lowest BCUT2D eigenvalue weighted by atomic mass is 9.50. The van der Waals surface area contributed by atoms with Gasteiger partial charge in [0.25, 0.3) is 0 Å². The predicted octanol–water partition coefficient (Wildman–Crippen LogP) is 6.39. The van der Waals surface area contributed by atoms with Gasteiger partial charge in [0.15, 0.2) is 0 Å². The number of aliphatic hydroxyl groups excluding tert-OH is 1. The maximum absolute atomic E-state index is 10.2. The van der Waals surface area contributed by atoms with Gasteiger partial charge in [0.05, 0.1) is 0 Å². The molecule has 0 aliphatic heterocycles. The highest BCUT2D eigenvalue weighted by atomic mass is 16.5. The lowest BCUT2D eigenvalue weighted by Gasteiger charge is -2.55. The van der Waals surface area contributed by atoms with Gasteiger partial charge in [-0.2, -0.15) is 0 Å². The van der Waals surface area contributed by atoms with Crippen LogP contribution in [0.1, 0.15) is 81.5 Å². The van der Waals surface area contributed by atoms with Gasteiger partial charge in [-0.15, -0.1) is 0 Å². The average molecular weight is 393 g/mol. The molecule has 2 aliphatic carbocycles. The highest BCUT2D eigenvalue weighted by molar-refractivity contribution is 5.49. The quantitative estimate of drug-likeness (QED) is 0.639. The van der Waals surface area contributed by atoms with Crippen molar-refractivity contribution in [3.8, 4) is 5.75 Å². The van der Waals surface area contributed by atoms with Crippen LogP contribution in [0.4, 0.5) is 0 Å². The van der Waals surface area contributed by atoms with Crippen LogP contribution in [0.15, 0.2) is 42.5 Å². The zero-order valence-corrected chi connectivity index (χ0v) is 18.5. The van der Waals surface area contributed by atoms with E-state index in [1.807, 2.05) is 6.07 Å². The standard InChI is InChI=1S/C27H36O2/c1-19(2)22-15-21-11-12-25-26(3,18-28)13-8-14-27(25,4)23(21)16-24(22)29-17-20-9-6-5-7-10-20/h5-7,9-10,15-16,19,25,28H,8,11-14,17-18H2,1-4H3/t25?,26-,27-/m1/s1. The molecule has 0 aromatic heterocycles. The number of benzene rings is 2. The molecule has 3 atom stereocenters. The van der Waals surface area contributed by atoms with Crippen LogP contribution >= 0.6 is 0 Å². The highest BCUT2D eigenvalue weighted by Crippen LogP contribution is 2.57. The number of ether oxygens (including phenoxy) is 1. The Kier molecular flexibility index (Phi) is 5.50. The molecule has 1 fully saturated rings. The van der Waals surface area contributed by atoms with E-state index in [4.69, 9.17) is 4.74 Å². The van der Waals surface area contributed by atoms with E-state index in [9.17, 15) is 5.11 Å². The zero-order chi connectivity index (χ0) is 20.6. The van der Waals surface area contributed by atoms with Crippen LogP contribution in [0.2, 0.25) is 0 Å². The van der Waals surface area contributed by atoms with Gasteiger partial charge in [0.2, 0.25) is 0 Å². The highest BCUT2D eigenvalue weighted by Gasteiger charge is 2.51. The van der Waals surface area contributed by atoms with Crippen molar-refractivity contribution < 1.29 is 9.84 Å². The van der Waals surface area contributed by atoms with E-state index in [0.717, 1.165) is 18.6 Å². The van der Waals surface area contributed by atoms with Crippen LogP contribution in [0.5, 0.6) is 5.75 Å². The van der Waals surface area contributed by atoms with E-state index in [1.54, 1.807) is 0 Å². The van der Waals surface area contributed by atoms with Gasteiger partial charge in [-0.05, 0) is 76.7 Å². The molecule has 2 aliphatic rings. The summed E-state index contributed by atoms with van der Waals surface area (Å²) in [5.74, 6) is 2.01. The molecule has 2 aromatic carbocycles. The molecule has 1 saturated carbocycles. The number of aryl methyl sites for hydroxylation is 1. The Bertz CT molecular complexity index is 856. The van der Waals surface area contributed by atoms with Gasteiger partial charge >= 0.3 is 0 Å². The summed E-state index contributed by atoms with van der Waals surface area (Å²) in [4.78, 5) is 0. The van der Waals surface area contributed by atoms with Crippen LogP contribution in [0.25, 0.3) is 0 Å². The van der Waals surface area contributed by atoms with Gasteiger partial charge in [-0.1, -0.05) is 70.5 Å². The Labute approximate surface area is 176 Å². The van der Waals surface area contributed by atoms with Crippen LogP contribution in [-0.4, -0.2) is 11.7 Å². The maximum Gasteiger partial charge on any atom is 0.123 e. The van der Waals surface area contributed by atoms with Crippen molar-refractivity contribution in [2.24, 2.45) is 11.3 Å². The van der Waals surface area contributed by atoms with Crippen molar-refractivity contribution in [2.45, 2.75) is 77.7 Å². The Morgan fingerprint density at radius 2 is 1.86 bits per heavy atom. The number of aliphatic hydroxyl groups is 1. The second kappa shape index (κ2) is 7.80. The van der Waals surface area contributed by atoms with Crippen molar-refractivity contribution in [3.63, 3.8) is 0 Å². The van der Waals surface area contributed by atoms with E-state index in [1.165, 1.54) is 41.5 Å². The van der Waals surface area contributed by atoms with Gasteiger partial charge in [0, 0.05) is 6.61 Å². The number of hydrogen-bond acceptors (Lipinski definition) is 2. The molecule has 1 N–H and O–H groups in total. The largest absolute Gasteiger partial charge is 0.489 e. The Balaban J connectivity index is 1.73. The first-order valence-corrected chi connectivity index (χ1v) is 11.3. The molecule has 0 spiro atoms. The first-order chi connectivity index (χ1) is 13.9. The van der Waals surface area contributed by atoms with Crippen molar-refractivity contribution in [1.82, 2.24) is 0 Å². The zero-order valence-electron chi connectivity index (χ0n) is 18.5. The predicted molar refractivity (Wildman–Crippen MR) is 120 cm³/mol. The van der Waals surface area contributed by atoms with Gasteiger partial charge in [-0.3, -0.25) is 0 Å². The number of hydrogen-bond donors (Lipinski definition) is 1. The average Bonchev–Trinajstić information content (AvgIpc) is 2.72. The molecular weight excluding hydrogens is 356 g/mol. The second-order valence-corrected chi connectivity index (χ2v) is 10.2. The fourth-order valence-electron chi connectivity index (χ4n) is 6.15. The lowest BCUT2D eigenvalue weighted by molar-refractivity contribution is -0.0180. The molecule has 2 nitrogen and oxygen atoms in total. The minimum absolute atomic E-state index is 0.0342. The summed E-state index contributed by atoms with van der Waals surface area (Å²) in [5, 5.41) is 10.2. The molecular formula is C27H36O2. The Morgan fingerprint density at radius 1 is 1.10 bits per heavy atom. The summed E-state index contributed by atoms with van der Waals surface area (Å²) in [7, 11) is 0. The summed E-state index contributed by atoms with van der Waals surface area (Å²) in [6.45, 7) is 10.2. The molecule has 1 unspecified atom stereocenters. The molecule has 2 heteroatoms. The summed E-state index contributed by atoms with van der Waals surface area (Å²) in [6, 6.07) is 15.2. The summed E-state index contributed by atoms with van der Waals surface area (Å²) in [6.07, 6.45) is 5.84. The fraction of sp³-hybridized carbons (Fsp3) is 0.556. The third-order valence-electron chi connectivity index (χ3n) is 7.83. The first-order valence-electron chi connectivity index (χ1n) is 11.3. The molecule has 156 valence electrons. The van der Waals surface area contributed by atoms with Crippen LogP contribution in [-0.2, 0) is 18.4 Å². The number of fused-ring (bicyclic) bond motifs is 3. The first kappa shape index (κ1) is 20.5. The minimum Gasteiger partial charge on any atom is -0.489 e. The molecule has 2 aromatic rings. The van der Waals surface area contributed by atoms with E-state index < -0.39 is 0 Å². The SMILES string of the molecule is CC(C)c1cc2c(cc1OCc1ccccc1)[C@@]1(C)CCC[C@](C)(CO)C1CC2. The topological polar surface area (TPSA) is 29.5 Å². The van der Waals surface area contributed by atoms with E-state index >= 15 is 0 Å². The Hall–Kier alpha value is -1.80. The fourth-order valence-corrected chi connectivity index (χ4v) is 6.15. The maximum atomic E-state index is 10.2. The van der Waals surface area contributed by atoms with Crippen LogP contribution in [0, 0.1) is 11.3 Å². The molecule has 4 rings (SSSR count). The molecule has 0 radical (unpaired) electrons. The summed E-state index contributed by atoms with van der Waals surface area (Å²) >= 11 is 0. The number of rotatable bonds is 5. The van der Waals surface area contributed by atoms with Gasteiger partial charge in [-0.25, -0.2) is 0 Å². The molecule has 0 bridgehead atoms. The van der Waals surface area contributed by atoms with Crippen LogP contribution in [0.3, 0.4) is 0 Å². The minimum atomic E-state index is 0.0342. The van der Waals surface area contributed by atoms with E-state index in [2.05, 4.69) is 64.1 Å². The third kappa shape index (κ3) is 3.61. The summed E-state index contributed by atoms with van der Waals surface area (Å²) in [5.41, 5.74) is 5.66. The monoisotopic (exact) mass is 392 g/mol. The molecule has 0 amide bonds. The van der Waals surface area contributed by atoms with Crippen molar-refractivity contribution in [3.05, 3.63) is 64.7 Å². The van der Waals surface area contributed by atoms with E-state index in [-0.39, 0.29) is 10.8 Å². The summed E-state index contributed by atoms with van der Waals surface area (Å²) < 4.78 is 6.40. The lowest BCUT2D eigenvalue weighted by Crippen LogP contribution is -2.50. The second-order valence-electron chi connectivity index (χ2n) is 10.2. The normalized spacial score (nSPS) is 28.7. The van der Waals surface area contributed by atoms with Crippen molar-refractivity contribution >= 4 is 0 Å². The van der Waals surface area contributed by atoms with Gasteiger partial charge in [0.1, 0.15) is 12.4 Å². The molecule has 0 saturated heterocycles. The Morgan fingerprint density at radius 3 is 2.55 bits per heavy atom. The van der Waals surface area contributed by atoms with Gasteiger partial charge < -0.3 is 9.84 Å². The van der Waals surface area contributed by atoms with Crippen molar-refractivity contribution in [1.29, 1.82) is 0 Å².